The summed E-state index contributed by atoms with van der Waals surface area (Å²) in [5, 5.41) is 0. The lowest BCUT2D eigenvalue weighted by molar-refractivity contribution is -0.140. The van der Waals surface area contributed by atoms with Crippen molar-refractivity contribution >= 4 is 5.97 Å². The third-order valence-electron chi connectivity index (χ3n) is 4.44. The molecule has 0 aromatic heterocycles. The molecule has 0 radical (unpaired) electrons. The summed E-state index contributed by atoms with van der Waals surface area (Å²) in [6, 6.07) is 0. The Kier molecular flexibility index (Phi) is 5.30. The topological polar surface area (TPSA) is 26.3 Å². The SMILES string of the molecule is COC(=O)CCCCC1C(C)CC(C)C1C. The maximum absolute atomic E-state index is 11.0. The quantitative estimate of drug-likeness (QED) is 0.528. The first kappa shape index (κ1) is 13.5. The van der Waals surface area contributed by atoms with E-state index in [1.807, 2.05) is 0 Å². The van der Waals surface area contributed by atoms with E-state index in [1.165, 1.54) is 26.4 Å². The van der Waals surface area contributed by atoms with Gasteiger partial charge in [-0.2, -0.15) is 0 Å². The molecule has 0 saturated heterocycles. The van der Waals surface area contributed by atoms with Gasteiger partial charge in [-0.1, -0.05) is 27.2 Å². The highest BCUT2D eigenvalue weighted by atomic mass is 16.5. The first-order valence-electron chi connectivity index (χ1n) is 6.63. The van der Waals surface area contributed by atoms with E-state index < -0.39 is 0 Å². The van der Waals surface area contributed by atoms with Crippen LogP contribution in [0.15, 0.2) is 0 Å². The Morgan fingerprint density at radius 2 is 1.88 bits per heavy atom. The number of unbranched alkanes of at least 4 members (excludes halogenated alkanes) is 1. The zero-order valence-corrected chi connectivity index (χ0v) is 11.2. The van der Waals surface area contributed by atoms with Crippen LogP contribution in [0.5, 0.6) is 0 Å². The van der Waals surface area contributed by atoms with Gasteiger partial charge in [0.15, 0.2) is 0 Å². The molecule has 1 aliphatic carbocycles. The van der Waals surface area contributed by atoms with Crippen LogP contribution in [0.4, 0.5) is 0 Å². The van der Waals surface area contributed by atoms with E-state index in [1.54, 1.807) is 0 Å². The van der Waals surface area contributed by atoms with Gasteiger partial charge in [0.2, 0.25) is 0 Å². The number of hydrogen-bond acceptors (Lipinski definition) is 2. The lowest BCUT2D eigenvalue weighted by Crippen LogP contribution is -2.12. The monoisotopic (exact) mass is 226 g/mol. The van der Waals surface area contributed by atoms with Crippen LogP contribution in [-0.2, 0) is 9.53 Å². The molecule has 2 heteroatoms. The maximum atomic E-state index is 11.0. The van der Waals surface area contributed by atoms with Crippen LogP contribution < -0.4 is 0 Å². The van der Waals surface area contributed by atoms with E-state index in [9.17, 15) is 4.79 Å². The smallest absolute Gasteiger partial charge is 0.305 e. The second kappa shape index (κ2) is 6.27. The van der Waals surface area contributed by atoms with Gasteiger partial charge in [0.05, 0.1) is 7.11 Å². The molecule has 4 atom stereocenters. The predicted molar refractivity (Wildman–Crippen MR) is 66.1 cm³/mol. The maximum Gasteiger partial charge on any atom is 0.305 e. The zero-order valence-electron chi connectivity index (χ0n) is 11.2. The van der Waals surface area contributed by atoms with E-state index in [0.717, 1.165) is 30.1 Å². The van der Waals surface area contributed by atoms with Gasteiger partial charge >= 0.3 is 5.97 Å². The zero-order chi connectivity index (χ0) is 12.1. The first-order valence-corrected chi connectivity index (χ1v) is 6.63. The Morgan fingerprint density at radius 3 is 2.38 bits per heavy atom. The molecule has 4 unspecified atom stereocenters. The van der Waals surface area contributed by atoms with Crippen LogP contribution in [-0.4, -0.2) is 13.1 Å². The molecule has 2 nitrogen and oxygen atoms in total. The largest absolute Gasteiger partial charge is 0.469 e. The van der Waals surface area contributed by atoms with Gasteiger partial charge in [0.1, 0.15) is 0 Å². The van der Waals surface area contributed by atoms with E-state index in [0.29, 0.717) is 6.42 Å². The summed E-state index contributed by atoms with van der Waals surface area (Å²) in [7, 11) is 1.46. The van der Waals surface area contributed by atoms with Crippen LogP contribution in [0.3, 0.4) is 0 Å². The summed E-state index contributed by atoms with van der Waals surface area (Å²) < 4.78 is 4.64. The van der Waals surface area contributed by atoms with Crippen molar-refractivity contribution in [3.8, 4) is 0 Å². The number of ether oxygens (including phenoxy) is 1. The average molecular weight is 226 g/mol. The Balaban J connectivity index is 2.20. The molecule has 1 fully saturated rings. The summed E-state index contributed by atoms with van der Waals surface area (Å²) in [4.78, 5) is 11.0. The Bertz CT molecular complexity index is 225. The molecule has 0 heterocycles. The number of rotatable bonds is 5. The first-order chi connectivity index (χ1) is 7.56. The number of carbonyl (C=O) groups is 1. The minimum Gasteiger partial charge on any atom is -0.469 e. The minimum atomic E-state index is -0.0686. The summed E-state index contributed by atoms with van der Waals surface area (Å²) >= 11 is 0. The fourth-order valence-electron chi connectivity index (χ4n) is 3.21. The van der Waals surface area contributed by atoms with Gasteiger partial charge in [-0.15, -0.1) is 0 Å². The van der Waals surface area contributed by atoms with E-state index in [2.05, 4.69) is 25.5 Å². The van der Waals surface area contributed by atoms with Crippen molar-refractivity contribution in [2.24, 2.45) is 23.7 Å². The van der Waals surface area contributed by atoms with E-state index >= 15 is 0 Å². The van der Waals surface area contributed by atoms with Crippen molar-refractivity contribution < 1.29 is 9.53 Å². The van der Waals surface area contributed by atoms with Crippen LogP contribution in [0.25, 0.3) is 0 Å². The van der Waals surface area contributed by atoms with Crippen molar-refractivity contribution in [3.63, 3.8) is 0 Å². The lowest BCUT2D eigenvalue weighted by Gasteiger charge is -2.20. The molecule has 94 valence electrons. The molecule has 1 aliphatic rings. The second-order valence-corrected chi connectivity index (χ2v) is 5.54. The van der Waals surface area contributed by atoms with Crippen molar-refractivity contribution in [2.45, 2.75) is 52.9 Å². The Labute approximate surface area is 99.8 Å². The van der Waals surface area contributed by atoms with Crippen molar-refractivity contribution in [1.29, 1.82) is 0 Å². The third-order valence-corrected chi connectivity index (χ3v) is 4.44. The Hall–Kier alpha value is -0.530. The highest BCUT2D eigenvalue weighted by Crippen LogP contribution is 2.43. The van der Waals surface area contributed by atoms with Crippen LogP contribution in [0, 0.1) is 23.7 Å². The second-order valence-electron chi connectivity index (χ2n) is 5.54. The van der Waals surface area contributed by atoms with Crippen LogP contribution in [0.1, 0.15) is 52.9 Å². The number of carbonyl (C=O) groups excluding carboxylic acids is 1. The van der Waals surface area contributed by atoms with Crippen molar-refractivity contribution in [3.05, 3.63) is 0 Å². The fraction of sp³-hybridized carbons (Fsp3) is 0.929. The summed E-state index contributed by atoms with van der Waals surface area (Å²) in [6.07, 6.45) is 5.40. The summed E-state index contributed by atoms with van der Waals surface area (Å²) in [5.74, 6) is 3.39. The van der Waals surface area contributed by atoms with Crippen molar-refractivity contribution in [1.82, 2.24) is 0 Å². The number of hydrogen-bond donors (Lipinski definition) is 0. The molecule has 16 heavy (non-hydrogen) atoms. The van der Waals surface area contributed by atoms with Gasteiger partial charge in [-0.3, -0.25) is 4.79 Å². The van der Waals surface area contributed by atoms with Gasteiger partial charge in [-0.25, -0.2) is 0 Å². The van der Waals surface area contributed by atoms with Crippen molar-refractivity contribution in [2.75, 3.05) is 7.11 Å². The molecule has 0 spiro atoms. The number of esters is 1. The molecular weight excluding hydrogens is 200 g/mol. The molecule has 0 N–H and O–H groups in total. The molecule has 1 rings (SSSR count). The molecule has 1 saturated carbocycles. The normalized spacial score (nSPS) is 34.0. The van der Waals surface area contributed by atoms with Gasteiger partial charge in [0, 0.05) is 6.42 Å². The predicted octanol–water partition coefficient (Wildman–Crippen LogP) is 3.65. The number of methoxy groups -OCH3 is 1. The molecular formula is C14H26O2. The average Bonchev–Trinajstić information content (AvgIpc) is 2.49. The minimum absolute atomic E-state index is 0.0686. The highest BCUT2D eigenvalue weighted by molar-refractivity contribution is 5.68. The summed E-state index contributed by atoms with van der Waals surface area (Å²) in [6.45, 7) is 7.14. The lowest BCUT2D eigenvalue weighted by atomic mass is 9.85. The molecule has 0 aromatic carbocycles. The third kappa shape index (κ3) is 3.50. The fourth-order valence-corrected chi connectivity index (χ4v) is 3.21. The highest BCUT2D eigenvalue weighted by Gasteiger charge is 2.34. The van der Waals surface area contributed by atoms with Crippen LogP contribution >= 0.6 is 0 Å². The standard InChI is InChI=1S/C14H26O2/c1-10-9-11(2)13(12(10)3)7-5-6-8-14(15)16-4/h10-13H,5-9H2,1-4H3. The summed E-state index contributed by atoms with van der Waals surface area (Å²) in [5.41, 5.74) is 0. The Morgan fingerprint density at radius 1 is 1.19 bits per heavy atom. The van der Waals surface area contributed by atoms with E-state index in [-0.39, 0.29) is 5.97 Å². The molecule has 0 aromatic rings. The molecule has 0 aliphatic heterocycles. The van der Waals surface area contributed by atoms with Gasteiger partial charge in [-0.05, 0) is 42.9 Å². The van der Waals surface area contributed by atoms with Crippen LogP contribution in [0.2, 0.25) is 0 Å². The molecule has 0 amide bonds. The van der Waals surface area contributed by atoms with Gasteiger partial charge in [0.25, 0.3) is 0 Å². The van der Waals surface area contributed by atoms with E-state index in [4.69, 9.17) is 0 Å². The molecule has 0 bridgehead atoms. The van der Waals surface area contributed by atoms with Gasteiger partial charge < -0.3 is 4.74 Å².